The van der Waals surface area contributed by atoms with Crippen molar-refractivity contribution in [3.05, 3.63) is 107 Å². The normalized spacial score (nSPS) is 11.2. The van der Waals surface area contributed by atoms with E-state index >= 15 is 0 Å². The molecule has 0 spiro atoms. The highest BCUT2D eigenvalue weighted by Crippen LogP contribution is 2.21. The number of anilines is 2. The van der Waals surface area contributed by atoms with E-state index in [0.717, 1.165) is 16.8 Å². The molecule has 1 aromatic heterocycles. The largest absolute Gasteiger partial charge is 0.382 e. The maximum Gasteiger partial charge on any atom is 0.251 e. The highest BCUT2D eigenvalue weighted by molar-refractivity contribution is 6.30. The van der Waals surface area contributed by atoms with Crippen molar-refractivity contribution in [3.63, 3.8) is 0 Å². The Balaban J connectivity index is 1.52. The molecule has 0 saturated heterocycles. The first-order valence-corrected chi connectivity index (χ1v) is 11.0. The van der Waals surface area contributed by atoms with Crippen LogP contribution in [-0.2, 0) is 6.54 Å². The van der Waals surface area contributed by atoms with Crippen molar-refractivity contribution in [2.45, 2.75) is 13.5 Å². The van der Waals surface area contributed by atoms with Crippen LogP contribution in [-0.4, -0.2) is 21.6 Å². The number of hydrogen-bond donors (Lipinski definition) is 3. The third kappa shape index (κ3) is 5.76. The summed E-state index contributed by atoms with van der Waals surface area (Å²) in [5, 5.41) is 7.95. The van der Waals surface area contributed by atoms with Gasteiger partial charge in [-0.05, 0) is 48.9 Å². The van der Waals surface area contributed by atoms with E-state index in [-0.39, 0.29) is 11.7 Å². The lowest BCUT2D eigenvalue weighted by Crippen LogP contribution is -2.22. The van der Waals surface area contributed by atoms with E-state index in [4.69, 9.17) is 17.3 Å². The fourth-order valence-corrected chi connectivity index (χ4v) is 3.36. The summed E-state index contributed by atoms with van der Waals surface area (Å²) >= 11 is 5.92. The summed E-state index contributed by atoms with van der Waals surface area (Å²) in [6, 6.07) is 24.2. The third-order valence-electron chi connectivity index (χ3n) is 5.06. The van der Waals surface area contributed by atoms with Gasteiger partial charge in [0.1, 0.15) is 5.69 Å². The predicted octanol–water partition coefficient (Wildman–Crippen LogP) is 5.15. The average Bonchev–Trinajstić information content (AvgIpc) is 2.87. The van der Waals surface area contributed by atoms with Crippen LogP contribution >= 0.6 is 11.6 Å². The molecular weight excluding hydrogens is 448 g/mol. The minimum absolute atomic E-state index is 0.167. The van der Waals surface area contributed by atoms with Gasteiger partial charge in [0.05, 0.1) is 23.3 Å². The van der Waals surface area contributed by atoms with Gasteiger partial charge >= 0.3 is 0 Å². The van der Waals surface area contributed by atoms with Crippen LogP contribution in [0.3, 0.4) is 0 Å². The summed E-state index contributed by atoms with van der Waals surface area (Å²) in [6.07, 6.45) is 1.58. The Labute approximate surface area is 202 Å². The first-order chi connectivity index (χ1) is 16.5. The number of benzene rings is 3. The summed E-state index contributed by atoms with van der Waals surface area (Å²) in [6.45, 7) is 2.24. The zero-order valence-electron chi connectivity index (χ0n) is 18.5. The van der Waals surface area contributed by atoms with Crippen molar-refractivity contribution in [2.24, 2.45) is 5.10 Å². The van der Waals surface area contributed by atoms with Gasteiger partial charge in [-0.15, -0.1) is 0 Å². The third-order valence-corrected chi connectivity index (χ3v) is 5.31. The van der Waals surface area contributed by atoms with Gasteiger partial charge in [-0.1, -0.05) is 54.1 Å². The lowest BCUT2D eigenvalue weighted by Gasteiger charge is -2.09. The van der Waals surface area contributed by atoms with Gasteiger partial charge in [-0.2, -0.15) is 5.10 Å². The SMILES string of the molecule is CC(=NNc1ccc(Cl)cc1)c1nc(-c2cccc(C(=O)NCc3ccccc3)c2)cnc1N. The quantitative estimate of drug-likeness (QED) is 0.256. The zero-order valence-corrected chi connectivity index (χ0v) is 19.3. The van der Waals surface area contributed by atoms with E-state index < -0.39 is 0 Å². The van der Waals surface area contributed by atoms with E-state index in [9.17, 15) is 4.79 Å². The molecule has 0 unspecified atom stereocenters. The lowest BCUT2D eigenvalue weighted by molar-refractivity contribution is 0.0951. The number of nitrogen functional groups attached to an aromatic ring is 1. The number of carbonyl (C=O) groups excluding carboxylic acids is 1. The molecule has 4 aromatic rings. The molecule has 0 bridgehead atoms. The maximum atomic E-state index is 12.7. The summed E-state index contributed by atoms with van der Waals surface area (Å²) < 4.78 is 0. The average molecular weight is 471 g/mol. The molecule has 170 valence electrons. The van der Waals surface area contributed by atoms with E-state index in [1.165, 1.54) is 0 Å². The van der Waals surface area contributed by atoms with Crippen molar-refractivity contribution in [3.8, 4) is 11.3 Å². The molecule has 3 aromatic carbocycles. The molecule has 0 aliphatic heterocycles. The smallest absolute Gasteiger partial charge is 0.251 e. The number of rotatable bonds is 7. The van der Waals surface area contributed by atoms with Gasteiger partial charge < -0.3 is 11.1 Å². The molecule has 0 saturated carbocycles. The minimum Gasteiger partial charge on any atom is -0.382 e. The molecule has 0 fully saturated rings. The lowest BCUT2D eigenvalue weighted by atomic mass is 10.1. The number of halogens is 1. The molecule has 1 heterocycles. The van der Waals surface area contributed by atoms with Crippen LogP contribution < -0.4 is 16.5 Å². The molecule has 1 amide bonds. The molecule has 0 radical (unpaired) electrons. The molecule has 4 rings (SSSR count). The first-order valence-electron chi connectivity index (χ1n) is 10.6. The number of hydrogen-bond acceptors (Lipinski definition) is 6. The molecule has 7 nitrogen and oxygen atoms in total. The molecule has 4 N–H and O–H groups in total. The zero-order chi connectivity index (χ0) is 23.9. The topological polar surface area (TPSA) is 105 Å². The van der Waals surface area contributed by atoms with E-state index in [0.29, 0.717) is 34.2 Å². The summed E-state index contributed by atoms with van der Waals surface area (Å²) in [5.41, 5.74) is 13.7. The minimum atomic E-state index is -0.167. The monoisotopic (exact) mass is 470 g/mol. The molecule has 0 atom stereocenters. The highest BCUT2D eigenvalue weighted by atomic mass is 35.5. The number of carbonyl (C=O) groups is 1. The fraction of sp³-hybridized carbons (Fsp3) is 0.0769. The van der Waals surface area contributed by atoms with Crippen LogP contribution in [0.15, 0.2) is 90.2 Å². The van der Waals surface area contributed by atoms with Gasteiger partial charge in [-0.25, -0.2) is 9.97 Å². The summed E-state index contributed by atoms with van der Waals surface area (Å²) in [5.74, 6) is 0.0962. The Kier molecular flexibility index (Phi) is 7.15. The van der Waals surface area contributed by atoms with Gasteiger partial charge in [0.25, 0.3) is 5.91 Å². The summed E-state index contributed by atoms with van der Waals surface area (Å²) in [4.78, 5) is 21.6. The van der Waals surface area contributed by atoms with Crippen molar-refractivity contribution in [1.82, 2.24) is 15.3 Å². The van der Waals surface area contributed by atoms with Crippen LogP contribution in [0, 0.1) is 0 Å². The van der Waals surface area contributed by atoms with Crippen LogP contribution in [0.1, 0.15) is 28.5 Å². The Morgan fingerprint density at radius 2 is 1.79 bits per heavy atom. The Morgan fingerprint density at radius 1 is 1.03 bits per heavy atom. The maximum absolute atomic E-state index is 12.7. The number of nitrogens with one attached hydrogen (secondary N) is 2. The predicted molar refractivity (Wildman–Crippen MR) is 137 cm³/mol. The second kappa shape index (κ2) is 10.6. The highest BCUT2D eigenvalue weighted by Gasteiger charge is 2.12. The molecule has 0 aliphatic rings. The molecule has 8 heteroatoms. The van der Waals surface area contributed by atoms with Gasteiger partial charge in [0, 0.05) is 22.7 Å². The van der Waals surface area contributed by atoms with E-state index in [1.807, 2.05) is 54.6 Å². The number of nitrogens with zero attached hydrogens (tertiary/aromatic N) is 3. The van der Waals surface area contributed by atoms with Crippen molar-refractivity contribution in [1.29, 1.82) is 0 Å². The van der Waals surface area contributed by atoms with Crippen molar-refractivity contribution >= 4 is 34.7 Å². The van der Waals surface area contributed by atoms with Crippen molar-refractivity contribution in [2.75, 3.05) is 11.2 Å². The standard InChI is InChI=1S/C26H23ClN6O/c1-17(32-33-22-12-10-21(27)11-13-22)24-25(28)29-16-23(31-24)19-8-5-9-20(14-19)26(34)30-15-18-6-3-2-4-7-18/h2-14,16,33H,15H2,1H3,(H2,28,29)(H,30,34). The Hall–Kier alpha value is -4.23. The fourth-order valence-electron chi connectivity index (χ4n) is 3.23. The van der Waals surface area contributed by atoms with Crippen LogP contribution in [0.5, 0.6) is 0 Å². The van der Waals surface area contributed by atoms with Gasteiger partial charge in [0.2, 0.25) is 0 Å². The number of hydrazone groups is 1. The Bertz CT molecular complexity index is 1320. The second-order valence-electron chi connectivity index (χ2n) is 7.55. The molecular formula is C26H23ClN6O. The van der Waals surface area contributed by atoms with Crippen LogP contribution in [0.2, 0.25) is 5.02 Å². The van der Waals surface area contributed by atoms with Crippen molar-refractivity contribution < 1.29 is 4.79 Å². The van der Waals surface area contributed by atoms with Crippen LogP contribution in [0.4, 0.5) is 11.5 Å². The van der Waals surface area contributed by atoms with E-state index in [1.54, 1.807) is 37.4 Å². The van der Waals surface area contributed by atoms with Gasteiger partial charge in [0.15, 0.2) is 5.82 Å². The van der Waals surface area contributed by atoms with E-state index in [2.05, 4.69) is 25.8 Å². The van der Waals surface area contributed by atoms with Gasteiger partial charge in [-0.3, -0.25) is 10.2 Å². The van der Waals surface area contributed by atoms with Crippen LogP contribution in [0.25, 0.3) is 11.3 Å². The molecule has 0 aliphatic carbocycles. The molecule has 34 heavy (non-hydrogen) atoms. The summed E-state index contributed by atoms with van der Waals surface area (Å²) in [7, 11) is 0. The first kappa shape index (κ1) is 22.9. The Morgan fingerprint density at radius 3 is 2.56 bits per heavy atom. The number of nitrogens with two attached hydrogens (primary N) is 1. The second-order valence-corrected chi connectivity index (χ2v) is 7.99. The number of aromatic nitrogens is 2. The number of amides is 1.